The lowest BCUT2D eigenvalue weighted by molar-refractivity contribution is -0.128. The van der Waals surface area contributed by atoms with Crippen LogP contribution in [0.4, 0.5) is 4.79 Å². The Morgan fingerprint density at radius 3 is 2.68 bits per heavy atom. The van der Waals surface area contributed by atoms with Crippen molar-refractivity contribution in [2.75, 3.05) is 33.7 Å². The highest BCUT2D eigenvalue weighted by atomic mass is 16.6. The standard InChI is InChI=1S/C19H31N5O4/c1-19(2,3)28-18(27)23-10-6-7-15(13-23)24-12-14(11-21-24)17(26)20-9-8-16(25)22(4)5/h11-12,15H,6-10,13H2,1-5H3,(H,20,26). The fourth-order valence-corrected chi connectivity index (χ4v) is 2.93. The SMILES string of the molecule is CN(C)C(=O)CCNC(=O)c1cnn(C2CCCN(C(=O)OC(C)(C)C)C2)c1. The van der Waals surface area contributed by atoms with Crippen molar-refractivity contribution in [1.29, 1.82) is 0 Å². The van der Waals surface area contributed by atoms with E-state index in [2.05, 4.69) is 10.4 Å². The molecule has 28 heavy (non-hydrogen) atoms. The molecule has 1 aromatic heterocycles. The van der Waals surface area contributed by atoms with Crippen LogP contribution in [0.3, 0.4) is 0 Å². The van der Waals surface area contributed by atoms with Crippen LogP contribution in [0.5, 0.6) is 0 Å². The minimum atomic E-state index is -0.533. The van der Waals surface area contributed by atoms with Gasteiger partial charge in [-0.15, -0.1) is 0 Å². The summed E-state index contributed by atoms with van der Waals surface area (Å²) in [4.78, 5) is 39.3. The molecular weight excluding hydrogens is 362 g/mol. The average molecular weight is 393 g/mol. The molecule has 3 amide bonds. The number of nitrogens with zero attached hydrogens (tertiary/aromatic N) is 4. The molecule has 1 fully saturated rings. The summed E-state index contributed by atoms with van der Waals surface area (Å²) in [5.74, 6) is -0.307. The molecule has 0 aromatic carbocycles. The second kappa shape index (κ2) is 9.07. The summed E-state index contributed by atoms with van der Waals surface area (Å²) < 4.78 is 7.18. The van der Waals surface area contributed by atoms with E-state index >= 15 is 0 Å². The molecule has 0 saturated carbocycles. The number of piperidine rings is 1. The number of nitrogens with one attached hydrogen (secondary N) is 1. The van der Waals surface area contributed by atoms with Crippen molar-refractivity contribution in [1.82, 2.24) is 24.9 Å². The van der Waals surface area contributed by atoms with E-state index < -0.39 is 5.60 Å². The highest BCUT2D eigenvalue weighted by Gasteiger charge is 2.29. The van der Waals surface area contributed by atoms with Crippen LogP contribution in [-0.2, 0) is 9.53 Å². The van der Waals surface area contributed by atoms with Crippen LogP contribution in [-0.4, -0.2) is 76.8 Å². The Bertz CT molecular complexity index is 707. The van der Waals surface area contributed by atoms with Crippen molar-refractivity contribution in [3.05, 3.63) is 18.0 Å². The van der Waals surface area contributed by atoms with Crippen LogP contribution < -0.4 is 5.32 Å². The number of hydrogen-bond donors (Lipinski definition) is 1. The Kier molecular flexibility index (Phi) is 7.04. The second-order valence-corrected chi connectivity index (χ2v) is 8.23. The number of rotatable bonds is 5. The third kappa shape index (κ3) is 6.24. The zero-order chi connectivity index (χ0) is 20.9. The predicted molar refractivity (Wildman–Crippen MR) is 104 cm³/mol. The van der Waals surface area contributed by atoms with Crippen molar-refractivity contribution in [2.24, 2.45) is 0 Å². The molecular formula is C19H31N5O4. The number of likely N-dealkylation sites (tertiary alicyclic amines) is 1. The van der Waals surface area contributed by atoms with Gasteiger partial charge >= 0.3 is 6.09 Å². The zero-order valence-electron chi connectivity index (χ0n) is 17.4. The molecule has 156 valence electrons. The lowest BCUT2D eigenvalue weighted by Gasteiger charge is -2.34. The van der Waals surface area contributed by atoms with Crippen LogP contribution in [0.1, 0.15) is 56.4 Å². The smallest absolute Gasteiger partial charge is 0.410 e. The van der Waals surface area contributed by atoms with E-state index in [1.165, 1.54) is 11.1 Å². The van der Waals surface area contributed by atoms with E-state index in [9.17, 15) is 14.4 Å². The van der Waals surface area contributed by atoms with Crippen LogP contribution >= 0.6 is 0 Å². The largest absolute Gasteiger partial charge is 0.444 e. The van der Waals surface area contributed by atoms with Gasteiger partial charge in [-0.05, 0) is 33.6 Å². The first-order valence-electron chi connectivity index (χ1n) is 9.57. The zero-order valence-corrected chi connectivity index (χ0v) is 17.4. The van der Waals surface area contributed by atoms with E-state index in [1.807, 2.05) is 20.8 Å². The molecule has 1 unspecified atom stereocenters. The van der Waals surface area contributed by atoms with Gasteiger partial charge in [-0.3, -0.25) is 14.3 Å². The van der Waals surface area contributed by atoms with Gasteiger partial charge < -0.3 is 19.9 Å². The summed E-state index contributed by atoms with van der Waals surface area (Å²) in [5, 5.41) is 7.03. The quantitative estimate of drug-likeness (QED) is 0.821. The number of carbonyl (C=O) groups is 3. The second-order valence-electron chi connectivity index (χ2n) is 8.23. The van der Waals surface area contributed by atoms with Gasteiger partial charge in [0, 0.05) is 46.3 Å². The van der Waals surface area contributed by atoms with E-state index in [0.29, 0.717) is 18.7 Å². The molecule has 9 heteroatoms. The molecule has 1 aliphatic rings. The Hall–Kier alpha value is -2.58. The predicted octanol–water partition coefficient (Wildman–Crippen LogP) is 1.66. The van der Waals surface area contributed by atoms with Crippen LogP contribution in [0, 0.1) is 0 Å². The lowest BCUT2D eigenvalue weighted by Crippen LogP contribution is -2.43. The first-order valence-corrected chi connectivity index (χ1v) is 9.57. The van der Waals surface area contributed by atoms with E-state index in [4.69, 9.17) is 4.74 Å². The monoisotopic (exact) mass is 393 g/mol. The molecule has 0 radical (unpaired) electrons. The molecule has 2 heterocycles. The first-order chi connectivity index (χ1) is 13.1. The van der Waals surface area contributed by atoms with Gasteiger partial charge in [-0.1, -0.05) is 0 Å². The summed E-state index contributed by atoms with van der Waals surface area (Å²) in [7, 11) is 3.36. The molecule has 1 atom stereocenters. The maximum absolute atomic E-state index is 12.3. The highest BCUT2D eigenvalue weighted by molar-refractivity contribution is 5.93. The maximum atomic E-state index is 12.3. The van der Waals surface area contributed by atoms with Crippen molar-refractivity contribution < 1.29 is 19.1 Å². The maximum Gasteiger partial charge on any atom is 0.410 e. The molecule has 0 spiro atoms. The van der Waals surface area contributed by atoms with Crippen molar-refractivity contribution in [2.45, 2.75) is 51.7 Å². The fourth-order valence-electron chi connectivity index (χ4n) is 2.93. The molecule has 2 rings (SSSR count). The Morgan fingerprint density at radius 2 is 2.04 bits per heavy atom. The molecule has 1 saturated heterocycles. The summed E-state index contributed by atoms with van der Waals surface area (Å²) in [5.41, 5.74) is -0.0960. The lowest BCUT2D eigenvalue weighted by atomic mass is 10.1. The fraction of sp³-hybridized carbons (Fsp3) is 0.684. The minimum Gasteiger partial charge on any atom is -0.444 e. The van der Waals surface area contributed by atoms with Crippen LogP contribution in [0.25, 0.3) is 0 Å². The van der Waals surface area contributed by atoms with E-state index in [0.717, 1.165) is 12.8 Å². The Labute approximate surface area is 166 Å². The van der Waals surface area contributed by atoms with Gasteiger partial charge in [0.15, 0.2) is 0 Å². The normalized spacial score (nSPS) is 17.2. The molecule has 9 nitrogen and oxygen atoms in total. The molecule has 1 N–H and O–H groups in total. The number of aromatic nitrogens is 2. The third-order valence-corrected chi connectivity index (χ3v) is 4.41. The van der Waals surface area contributed by atoms with Gasteiger partial charge in [-0.25, -0.2) is 4.79 Å². The summed E-state index contributed by atoms with van der Waals surface area (Å²) in [6.45, 7) is 6.95. The molecule has 1 aromatic rings. The van der Waals surface area contributed by atoms with Gasteiger partial charge in [0.05, 0.1) is 17.8 Å². The van der Waals surface area contributed by atoms with E-state index in [-0.39, 0.29) is 36.9 Å². The first kappa shape index (κ1) is 21.7. The number of carbonyl (C=O) groups excluding carboxylic acids is 3. The summed E-state index contributed by atoms with van der Waals surface area (Å²) in [6, 6.07) is -0.00172. The van der Waals surface area contributed by atoms with Crippen LogP contribution in [0.15, 0.2) is 12.4 Å². The number of ether oxygens (including phenoxy) is 1. The topological polar surface area (TPSA) is 96.8 Å². The van der Waals surface area contributed by atoms with Gasteiger partial charge in [-0.2, -0.15) is 5.10 Å². The van der Waals surface area contributed by atoms with Crippen LogP contribution in [0.2, 0.25) is 0 Å². The van der Waals surface area contributed by atoms with Crippen molar-refractivity contribution in [3.8, 4) is 0 Å². The van der Waals surface area contributed by atoms with Crippen molar-refractivity contribution in [3.63, 3.8) is 0 Å². The van der Waals surface area contributed by atoms with Gasteiger partial charge in [0.25, 0.3) is 5.91 Å². The Balaban J connectivity index is 1.91. The minimum absolute atomic E-state index is 0.00172. The third-order valence-electron chi connectivity index (χ3n) is 4.41. The van der Waals surface area contributed by atoms with Gasteiger partial charge in [0.1, 0.15) is 5.60 Å². The highest BCUT2D eigenvalue weighted by Crippen LogP contribution is 2.23. The summed E-state index contributed by atoms with van der Waals surface area (Å²) in [6.07, 6.45) is 4.84. The molecule has 0 bridgehead atoms. The summed E-state index contributed by atoms with van der Waals surface area (Å²) >= 11 is 0. The van der Waals surface area contributed by atoms with Crippen molar-refractivity contribution >= 4 is 17.9 Å². The van der Waals surface area contributed by atoms with E-state index in [1.54, 1.807) is 29.9 Å². The average Bonchev–Trinajstić information content (AvgIpc) is 3.10. The molecule has 0 aliphatic carbocycles. The number of hydrogen-bond acceptors (Lipinski definition) is 5. The van der Waals surface area contributed by atoms with Gasteiger partial charge in [0.2, 0.25) is 5.91 Å². The number of amides is 3. The Morgan fingerprint density at radius 1 is 1.32 bits per heavy atom. The molecule has 1 aliphatic heterocycles.